The molecule has 0 N–H and O–H groups in total. The smallest absolute Gasteiger partial charge is 0.0427 e. The van der Waals surface area contributed by atoms with E-state index in [1.54, 1.807) is 0 Å². The Morgan fingerprint density at radius 2 is 1.52 bits per heavy atom. The van der Waals surface area contributed by atoms with Gasteiger partial charge in [0.2, 0.25) is 0 Å². The van der Waals surface area contributed by atoms with Crippen LogP contribution in [0.5, 0.6) is 0 Å². The van der Waals surface area contributed by atoms with Gasteiger partial charge in [0.25, 0.3) is 0 Å². The highest BCUT2D eigenvalue weighted by Crippen LogP contribution is 2.33. The predicted octanol–water partition coefficient (Wildman–Crippen LogP) is 6.22. The van der Waals surface area contributed by atoms with Gasteiger partial charge in [0.05, 0.1) is 0 Å². The van der Waals surface area contributed by atoms with Crippen molar-refractivity contribution in [3.05, 3.63) is 83.2 Å². The van der Waals surface area contributed by atoms with Crippen LogP contribution in [0.4, 0.5) is 0 Å². The van der Waals surface area contributed by atoms with Crippen molar-refractivity contribution >= 4 is 44.3 Å². The highest BCUT2D eigenvalue weighted by atomic mass is 32.1. The molecule has 0 saturated heterocycles. The molecule has 0 spiro atoms. The largest absolute Gasteiger partial charge is 0.143 e. The molecule has 0 saturated carbocycles. The van der Waals surface area contributed by atoms with Gasteiger partial charge in [-0.15, -0.1) is 11.3 Å². The zero-order chi connectivity index (χ0) is 14.1. The van der Waals surface area contributed by atoms with Crippen LogP contribution in [0.15, 0.2) is 72.1 Å². The van der Waals surface area contributed by atoms with E-state index in [2.05, 4.69) is 78.2 Å². The van der Waals surface area contributed by atoms with Gasteiger partial charge >= 0.3 is 0 Å². The third kappa shape index (κ3) is 2.26. The summed E-state index contributed by atoms with van der Waals surface area (Å²) in [5, 5.41) is 6.17. The molecule has 0 nitrogen and oxygen atoms in total. The number of thiophene rings is 1. The quantitative estimate of drug-likeness (QED) is 0.383. The maximum atomic E-state index is 2.28. The molecule has 0 atom stereocenters. The van der Waals surface area contributed by atoms with Crippen molar-refractivity contribution in [1.82, 2.24) is 0 Å². The molecule has 21 heavy (non-hydrogen) atoms. The lowest BCUT2D eigenvalue weighted by Crippen LogP contribution is -1.78. The van der Waals surface area contributed by atoms with Gasteiger partial charge in [-0.2, -0.15) is 0 Å². The first-order valence-corrected chi connectivity index (χ1v) is 7.92. The van der Waals surface area contributed by atoms with Crippen LogP contribution in [-0.2, 0) is 0 Å². The summed E-state index contributed by atoms with van der Waals surface area (Å²) >= 11 is 1.82. The zero-order valence-corrected chi connectivity index (χ0v) is 12.3. The van der Waals surface area contributed by atoms with Gasteiger partial charge in [0.15, 0.2) is 0 Å². The Balaban J connectivity index is 1.91. The molecule has 0 radical (unpaired) electrons. The molecule has 0 aliphatic heterocycles. The fourth-order valence-electron chi connectivity index (χ4n) is 2.71. The van der Waals surface area contributed by atoms with Crippen LogP contribution in [0.25, 0.3) is 33.0 Å². The predicted molar refractivity (Wildman–Crippen MR) is 94.7 cm³/mol. The van der Waals surface area contributed by atoms with Gasteiger partial charge in [0.1, 0.15) is 0 Å². The molecule has 100 valence electrons. The summed E-state index contributed by atoms with van der Waals surface area (Å²) in [5.41, 5.74) is 2.52. The SMILES string of the molecule is C(=C/c1cc2ccccc2c2sccc12)/c1ccccc1. The molecule has 0 fully saturated rings. The Morgan fingerprint density at radius 1 is 0.714 bits per heavy atom. The van der Waals surface area contributed by atoms with Crippen LogP contribution >= 0.6 is 11.3 Å². The summed E-state index contributed by atoms with van der Waals surface area (Å²) in [6, 6.07) is 23.6. The first-order valence-electron chi connectivity index (χ1n) is 7.04. The first kappa shape index (κ1) is 12.4. The Hall–Kier alpha value is -2.38. The van der Waals surface area contributed by atoms with Crippen molar-refractivity contribution < 1.29 is 0 Å². The molecule has 1 aromatic heterocycles. The maximum Gasteiger partial charge on any atom is 0.0427 e. The maximum absolute atomic E-state index is 2.28. The molecular formula is C20H14S. The van der Waals surface area contributed by atoms with Crippen LogP contribution in [0.3, 0.4) is 0 Å². The summed E-state index contributed by atoms with van der Waals surface area (Å²) < 4.78 is 1.38. The van der Waals surface area contributed by atoms with Crippen LogP contribution in [0.2, 0.25) is 0 Å². The molecular weight excluding hydrogens is 272 g/mol. The van der Waals surface area contributed by atoms with E-state index >= 15 is 0 Å². The van der Waals surface area contributed by atoms with Crippen molar-refractivity contribution in [3.63, 3.8) is 0 Å². The van der Waals surface area contributed by atoms with Gasteiger partial charge in [-0.25, -0.2) is 0 Å². The van der Waals surface area contributed by atoms with Crippen LogP contribution in [-0.4, -0.2) is 0 Å². The highest BCUT2D eigenvalue weighted by Gasteiger charge is 2.05. The molecule has 1 heterocycles. The third-order valence-electron chi connectivity index (χ3n) is 3.75. The summed E-state index contributed by atoms with van der Waals surface area (Å²) in [5.74, 6) is 0. The van der Waals surface area contributed by atoms with E-state index in [1.165, 1.54) is 32.0 Å². The highest BCUT2D eigenvalue weighted by molar-refractivity contribution is 7.18. The van der Waals surface area contributed by atoms with Crippen LogP contribution in [0.1, 0.15) is 11.1 Å². The van der Waals surface area contributed by atoms with E-state index in [4.69, 9.17) is 0 Å². The lowest BCUT2D eigenvalue weighted by atomic mass is 10.0. The minimum absolute atomic E-state index is 1.23. The summed E-state index contributed by atoms with van der Waals surface area (Å²) in [7, 11) is 0. The molecule has 0 amide bonds. The van der Waals surface area contributed by atoms with E-state index in [-0.39, 0.29) is 0 Å². The standard InChI is InChI=1S/C20H14S/c1-2-6-15(7-3-1)10-11-17-14-16-8-4-5-9-18(16)20-19(17)12-13-21-20/h1-14H/b11-10-. The Kier molecular flexibility index (Phi) is 3.06. The average molecular weight is 286 g/mol. The van der Waals surface area contributed by atoms with Crippen molar-refractivity contribution in [2.75, 3.05) is 0 Å². The summed E-state index contributed by atoms with van der Waals surface area (Å²) in [6.07, 6.45) is 4.40. The van der Waals surface area contributed by atoms with E-state index in [0.717, 1.165) is 0 Å². The molecule has 0 bridgehead atoms. The van der Waals surface area contributed by atoms with Gasteiger partial charge in [0, 0.05) is 10.1 Å². The van der Waals surface area contributed by atoms with Crippen LogP contribution < -0.4 is 0 Å². The molecule has 4 aromatic rings. The van der Waals surface area contributed by atoms with Crippen molar-refractivity contribution in [1.29, 1.82) is 0 Å². The lowest BCUT2D eigenvalue weighted by molar-refractivity contribution is 1.66. The number of hydrogen-bond donors (Lipinski definition) is 0. The molecule has 4 rings (SSSR count). The van der Waals surface area contributed by atoms with E-state index in [9.17, 15) is 0 Å². The molecule has 1 heteroatoms. The molecule has 0 unspecified atom stereocenters. The molecule has 0 aliphatic rings. The van der Waals surface area contributed by atoms with Gasteiger partial charge < -0.3 is 0 Å². The second-order valence-corrected chi connectivity index (χ2v) is 6.01. The van der Waals surface area contributed by atoms with Gasteiger partial charge in [-0.3, -0.25) is 0 Å². The lowest BCUT2D eigenvalue weighted by Gasteiger charge is -2.03. The summed E-state index contributed by atoms with van der Waals surface area (Å²) in [6.45, 7) is 0. The van der Waals surface area contributed by atoms with Crippen LogP contribution in [0, 0.1) is 0 Å². The number of benzene rings is 3. The summed E-state index contributed by atoms with van der Waals surface area (Å²) in [4.78, 5) is 0. The van der Waals surface area contributed by atoms with Gasteiger partial charge in [-0.05, 0) is 39.4 Å². The van der Waals surface area contributed by atoms with Gasteiger partial charge in [-0.1, -0.05) is 66.7 Å². The fourth-order valence-corrected chi connectivity index (χ4v) is 3.67. The first-order chi connectivity index (χ1) is 10.4. The van der Waals surface area contributed by atoms with Crippen molar-refractivity contribution in [2.24, 2.45) is 0 Å². The minimum atomic E-state index is 1.23. The third-order valence-corrected chi connectivity index (χ3v) is 4.70. The van der Waals surface area contributed by atoms with E-state index in [0.29, 0.717) is 0 Å². The second-order valence-electron chi connectivity index (χ2n) is 5.09. The number of fused-ring (bicyclic) bond motifs is 3. The molecule has 3 aromatic carbocycles. The number of rotatable bonds is 2. The van der Waals surface area contributed by atoms with E-state index < -0.39 is 0 Å². The Morgan fingerprint density at radius 3 is 2.43 bits per heavy atom. The van der Waals surface area contributed by atoms with E-state index in [1.807, 2.05) is 17.4 Å². The average Bonchev–Trinajstić information content (AvgIpc) is 3.04. The van der Waals surface area contributed by atoms with Crippen molar-refractivity contribution in [3.8, 4) is 0 Å². The zero-order valence-electron chi connectivity index (χ0n) is 11.5. The second kappa shape index (κ2) is 5.19. The number of hydrogen-bond acceptors (Lipinski definition) is 1. The topological polar surface area (TPSA) is 0 Å². The Bertz CT molecular complexity index is 930. The van der Waals surface area contributed by atoms with Crippen molar-refractivity contribution in [2.45, 2.75) is 0 Å². The normalized spacial score (nSPS) is 11.6. The Labute approximate surface area is 128 Å². The monoisotopic (exact) mass is 286 g/mol. The molecule has 0 aliphatic carbocycles. The minimum Gasteiger partial charge on any atom is -0.143 e. The fraction of sp³-hybridized carbons (Fsp3) is 0.